The molecule has 5 rings (SSSR count). The second kappa shape index (κ2) is 10.4. The first-order chi connectivity index (χ1) is 17.6. The lowest BCUT2D eigenvalue weighted by atomic mass is 9.43. The Kier molecular flexibility index (Phi) is 7.63. The summed E-state index contributed by atoms with van der Waals surface area (Å²) in [6.45, 7) is 7.30. The van der Waals surface area contributed by atoms with Crippen molar-refractivity contribution in [3.05, 3.63) is 23.2 Å². The van der Waals surface area contributed by atoms with E-state index in [9.17, 15) is 15.0 Å². The number of halogens is 1. The number of aliphatic hydroxyl groups excluding tert-OH is 2. The predicted molar refractivity (Wildman–Crippen MR) is 148 cm³/mol. The molecule has 0 spiro atoms. The number of amides is 1. The highest BCUT2D eigenvalue weighted by atomic mass is 35.5. The maximum Gasteiger partial charge on any atom is 0.224 e. The van der Waals surface area contributed by atoms with Crippen molar-refractivity contribution in [2.45, 2.75) is 97.2 Å². The number of hydrogen-bond acceptors (Lipinski definition) is 4. The molecule has 206 valence electrons. The normalized spacial score (nSPS) is 41.8. The predicted octanol–water partition coefficient (Wildman–Crippen LogP) is 6.69. The Balaban J connectivity index is 1.22. The summed E-state index contributed by atoms with van der Waals surface area (Å²) in [6.07, 6.45) is 9.50. The van der Waals surface area contributed by atoms with Gasteiger partial charge in [0.2, 0.25) is 5.91 Å². The van der Waals surface area contributed by atoms with Gasteiger partial charge < -0.3 is 20.3 Å². The lowest BCUT2D eigenvalue weighted by Gasteiger charge is -2.62. The number of fused-ring (bicyclic) bond motifs is 5. The van der Waals surface area contributed by atoms with Gasteiger partial charge in [0.05, 0.1) is 24.3 Å². The third kappa shape index (κ3) is 4.82. The van der Waals surface area contributed by atoms with E-state index >= 15 is 0 Å². The van der Waals surface area contributed by atoms with Crippen LogP contribution in [0.15, 0.2) is 18.2 Å². The average Bonchev–Trinajstić information content (AvgIpc) is 3.21. The molecule has 6 heteroatoms. The zero-order valence-corrected chi connectivity index (χ0v) is 23.8. The number of carbonyl (C=O) groups excluding carboxylic acids is 1. The van der Waals surface area contributed by atoms with Gasteiger partial charge in [-0.15, -0.1) is 0 Å². The molecule has 9 unspecified atom stereocenters. The molecule has 4 aliphatic carbocycles. The third-order valence-corrected chi connectivity index (χ3v) is 12.0. The first-order valence-corrected chi connectivity index (χ1v) is 14.9. The van der Waals surface area contributed by atoms with Crippen LogP contribution >= 0.6 is 11.6 Å². The van der Waals surface area contributed by atoms with Crippen LogP contribution in [0.3, 0.4) is 0 Å². The van der Waals surface area contributed by atoms with Crippen LogP contribution in [0.2, 0.25) is 5.02 Å². The van der Waals surface area contributed by atoms with Gasteiger partial charge in [0.15, 0.2) is 0 Å². The fourth-order valence-corrected chi connectivity index (χ4v) is 9.96. The Morgan fingerprint density at radius 3 is 2.57 bits per heavy atom. The molecule has 0 aromatic heterocycles. The minimum atomic E-state index is -0.242. The van der Waals surface area contributed by atoms with Crippen molar-refractivity contribution in [3.8, 4) is 5.75 Å². The third-order valence-electron chi connectivity index (χ3n) is 11.7. The number of hydrogen-bond donors (Lipinski definition) is 3. The van der Waals surface area contributed by atoms with Gasteiger partial charge in [-0.3, -0.25) is 4.79 Å². The summed E-state index contributed by atoms with van der Waals surface area (Å²) >= 11 is 6.21. The topological polar surface area (TPSA) is 78.8 Å². The van der Waals surface area contributed by atoms with E-state index in [1.165, 1.54) is 25.7 Å². The Bertz CT molecular complexity index is 1000. The second-order valence-corrected chi connectivity index (χ2v) is 13.8. The monoisotopic (exact) mass is 531 g/mol. The highest BCUT2D eigenvalue weighted by molar-refractivity contribution is 6.32. The van der Waals surface area contributed by atoms with Gasteiger partial charge >= 0.3 is 0 Å². The zero-order valence-electron chi connectivity index (χ0n) is 23.0. The maximum atomic E-state index is 12.7. The number of ether oxygens (including phenoxy) is 1. The molecule has 5 nitrogen and oxygen atoms in total. The summed E-state index contributed by atoms with van der Waals surface area (Å²) in [6, 6.07) is 5.32. The Hall–Kier alpha value is -1.30. The number of carbonyl (C=O) groups is 1. The molecule has 0 heterocycles. The van der Waals surface area contributed by atoms with Crippen molar-refractivity contribution < 1.29 is 19.7 Å². The van der Waals surface area contributed by atoms with Crippen LogP contribution in [0.4, 0.5) is 5.69 Å². The smallest absolute Gasteiger partial charge is 0.224 e. The van der Waals surface area contributed by atoms with Crippen LogP contribution in [0, 0.1) is 46.3 Å². The van der Waals surface area contributed by atoms with Crippen LogP contribution in [0.25, 0.3) is 0 Å². The largest absolute Gasteiger partial charge is 0.495 e. The van der Waals surface area contributed by atoms with Gasteiger partial charge in [-0.25, -0.2) is 0 Å². The van der Waals surface area contributed by atoms with Crippen LogP contribution in [0.1, 0.15) is 85.0 Å². The average molecular weight is 532 g/mol. The lowest BCUT2D eigenvalue weighted by Crippen LogP contribution is -2.58. The standard InChI is InChI=1S/C31H46ClNO4/c1-18(5-10-28(36)33-20-6-9-27(37-4)25(32)17-20)22-7-8-23-29-24(12-14-31(22,23)3)30(2)13-11-21(34)15-19(30)16-26(29)35/h6,9,17-19,21-24,26,29,34-35H,5,7-8,10-16H2,1-4H3,(H,33,36)/t18?,19?,21-,22?,23?,24?,26?,29?,30?,31?/m1/s1. The first-order valence-electron chi connectivity index (χ1n) is 14.6. The van der Waals surface area contributed by atoms with Crippen LogP contribution < -0.4 is 10.1 Å². The quantitative estimate of drug-likeness (QED) is 0.382. The van der Waals surface area contributed by atoms with Crippen LogP contribution in [-0.2, 0) is 4.79 Å². The van der Waals surface area contributed by atoms with Gasteiger partial charge in [0.25, 0.3) is 0 Å². The molecule has 0 saturated heterocycles. The molecule has 1 aromatic rings. The van der Waals surface area contributed by atoms with E-state index in [0.29, 0.717) is 58.4 Å². The maximum absolute atomic E-state index is 12.7. The molecular formula is C31H46ClNO4. The highest BCUT2D eigenvalue weighted by Crippen LogP contribution is 2.68. The fourth-order valence-electron chi connectivity index (χ4n) is 9.70. The molecular weight excluding hydrogens is 486 g/mol. The molecule has 4 aliphatic rings. The molecule has 0 radical (unpaired) electrons. The van der Waals surface area contributed by atoms with Crippen molar-refractivity contribution >= 4 is 23.2 Å². The van der Waals surface area contributed by atoms with E-state index in [4.69, 9.17) is 16.3 Å². The van der Waals surface area contributed by atoms with Crippen LogP contribution in [-0.4, -0.2) is 35.4 Å². The van der Waals surface area contributed by atoms with Crippen molar-refractivity contribution in [1.82, 2.24) is 0 Å². The molecule has 1 amide bonds. The molecule has 4 saturated carbocycles. The van der Waals surface area contributed by atoms with Gasteiger partial charge in [-0.05, 0) is 122 Å². The minimum absolute atomic E-state index is 0.0256. The zero-order chi connectivity index (χ0) is 26.5. The number of anilines is 1. The summed E-state index contributed by atoms with van der Waals surface area (Å²) in [7, 11) is 1.58. The lowest BCUT2D eigenvalue weighted by molar-refractivity contribution is -0.174. The Morgan fingerprint density at radius 2 is 1.84 bits per heavy atom. The number of aliphatic hydroxyl groups is 2. The number of rotatable bonds is 6. The van der Waals surface area contributed by atoms with Gasteiger partial charge in [-0.2, -0.15) is 0 Å². The summed E-state index contributed by atoms with van der Waals surface area (Å²) in [5.41, 5.74) is 1.19. The SMILES string of the molecule is COc1ccc(NC(=O)CCC(C)C2CCC3C4C(O)CC5C[C@H](O)CCC5(C)C4CCC23C)cc1Cl. The Labute approximate surface area is 227 Å². The highest BCUT2D eigenvalue weighted by Gasteiger charge is 2.62. The molecule has 0 bridgehead atoms. The van der Waals surface area contributed by atoms with Crippen LogP contribution in [0.5, 0.6) is 5.75 Å². The van der Waals surface area contributed by atoms with E-state index in [-0.39, 0.29) is 28.9 Å². The van der Waals surface area contributed by atoms with Crippen molar-refractivity contribution in [2.24, 2.45) is 46.3 Å². The van der Waals surface area contributed by atoms with Crippen molar-refractivity contribution in [1.29, 1.82) is 0 Å². The number of methoxy groups -OCH3 is 1. The molecule has 10 atom stereocenters. The van der Waals surface area contributed by atoms with E-state index in [1.54, 1.807) is 19.2 Å². The summed E-state index contributed by atoms with van der Waals surface area (Å²) < 4.78 is 5.20. The van der Waals surface area contributed by atoms with Crippen molar-refractivity contribution in [2.75, 3.05) is 12.4 Å². The van der Waals surface area contributed by atoms with E-state index < -0.39 is 0 Å². The Morgan fingerprint density at radius 1 is 1.11 bits per heavy atom. The molecule has 0 aliphatic heterocycles. The molecule has 37 heavy (non-hydrogen) atoms. The number of nitrogens with one attached hydrogen (secondary N) is 1. The van der Waals surface area contributed by atoms with E-state index in [0.717, 1.165) is 32.1 Å². The van der Waals surface area contributed by atoms with E-state index in [2.05, 4.69) is 26.1 Å². The molecule has 4 fully saturated rings. The van der Waals surface area contributed by atoms with Gasteiger partial charge in [-0.1, -0.05) is 32.4 Å². The minimum Gasteiger partial charge on any atom is -0.495 e. The number of benzene rings is 1. The molecule has 3 N–H and O–H groups in total. The molecule has 1 aromatic carbocycles. The van der Waals surface area contributed by atoms with E-state index in [1.807, 2.05) is 6.07 Å². The summed E-state index contributed by atoms with van der Waals surface area (Å²) in [4.78, 5) is 12.7. The summed E-state index contributed by atoms with van der Waals surface area (Å²) in [5, 5.41) is 25.2. The fraction of sp³-hybridized carbons (Fsp3) is 0.774. The second-order valence-electron chi connectivity index (χ2n) is 13.4. The van der Waals surface area contributed by atoms with Crippen molar-refractivity contribution in [3.63, 3.8) is 0 Å². The first kappa shape index (κ1) is 27.3. The summed E-state index contributed by atoms with van der Waals surface area (Å²) in [5.74, 6) is 3.65. The van der Waals surface area contributed by atoms with Gasteiger partial charge in [0.1, 0.15) is 5.75 Å². The van der Waals surface area contributed by atoms with Gasteiger partial charge in [0, 0.05) is 12.1 Å².